The van der Waals surface area contributed by atoms with Gasteiger partial charge < -0.3 is 14.4 Å². The number of hydrogen-bond acceptors (Lipinski definition) is 5. The first-order chi connectivity index (χ1) is 11.8. The Morgan fingerprint density at radius 1 is 1.04 bits per heavy atom. The Morgan fingerprint density at radius 2 is 1.68 bits per heavy atom. The molecule has 2 aromatic carbocycles. The van der Waals surface area contributed by atoms with Crippen molar-refractivity contribution in [2.45, 2.75) is 11.8 Å². The third kappa shape index (κ3) is 4.21. The van der Waals surface area contributed by atoms with Gasteiger partial charge in [-0.05, 0) is 36.4 Å². The zero-order valence-electron chi connectivity index (χ0n) is 14.4. The molecule has 0 atom stereocenters. The van der Waals surface area contributed by atoms with Gasteiger partial charge >= 0.3 is 0 Å². The lowest BCUT2D eigenvalue weighted by Gasteiger charge is -2.16. The maximum atomic E-state index is 12.6. The summed E-state index contributed by atoms with van der Waals surface area (Å²) in [4.78, 5) is 12.9. The van der Waals surface area contributed by atoms with Crippen LogP contribution >= 0.6 is 0 Å². The van der Waals surface area contributed by atoms with Crippen molar-refractivity contribution in [1.82, 2.24) is 0 Å². The highest BCUT2D eigenvalue weighted by Gasteiger charge is 2.17. The molecule has 0 aliphatic carbocycles. The van der Waals surface area contributed by atoms with Gasteiger partial charge in [0.05, 0.1) is 24.8 Å². The lowest BCUT2D eigenvalue weighted by Crippen LogP contribution is -2.22. The second-order valence-electron chi connectivity index (χ2n) is 5.24. The fraction of sp³-hybridized carbons (Fsp3) is 0.235. The van der Waals surface area contributed by atoms with Crippen LogP contribution in [0, 0.1) is 0 Å². The number of carbonyl (C=O) groups excluding carboxylic acids is 1. The van der Waals surface area contributed by atoms with Gasteiger partial charge in [0, 0.05) is 25.7 Å². The molecule has 0 fully saturated rings. The van der Waals surface area contributed by atoms with Crippen LogP contribution in [-0.4, -0.2) is 35.6 Å². The van der Waals surface area contributed by atoms with E-state index in [1.54, 1.807) is 37.4 Å². The maximum absolute atomic E-state index is 12.6. The molecule has 8 heteroatoms. The maximum Gasteiger partial charge on any atom is 0.262 e. The first kappa shape index (κ1) is 18.6. The number of methoxy groups -OCH3 is 2. The van der Waals surface area contributed by atoms with Crippen LogP contribution in [0.3, 0.4) is 0 Å². The minimum atomic E-state index is -3.80. The molecule has 0 heterocycles. The average molecular weight is 364 g/mol. The normalized spacial score (nSPS) is 10.9. The van der Waals surface area contributed by atoms with Crippen molar-refractivity contribution in [3.05, 3.63) is 42.5 Å². The number of nitrogens with zero attached hydrogens (tertiary/aromatic N) is 1. The second kappa shape index (κ2) is 7.43. The molecule has 0 saturated heterocycles. The highest BCUT2D eigenvalue weighted by atomic mass is 32.2. The Labute approximate surface area is 147 Å². The molecule has 25 heavy (non-hydrogen) atoms. The number of amides is 1. The summed E-state index contributed by atoms with van der Waals surface area (Å²) in [6.45, 7) is 1.43. The van der Waals surface area contributed by atoms with E-state index in [0.29, 0.717) is 22.9 Å². The Bertz CT molecular complexity index is 863. The van der Waals surface area contributed by atoms with Gasteiger partial charge in [0.25, 0.3) is 10.0 Å². The molecular weight excluding hydrogens is 344 g/mol. The van der Waals surface area contributed by atoms with E-state index in [-0.39, 0.29) is 10.8 Å². The van der Waals surface area contributed by atoms with Gasteiger partial charge in [-0.15, -0.1) is 0 Å². The zero-order chi connectivity index (χ0) is 18.6. The van der Waals surface area contributed by atoms with Crippen LogP contribution in [0.4, 0.5) is 11.4 Å². The van der Waals surface area contributed by atoms with Crippen molar-refractivity contribution in [1.29, 1.82) is 0 Å². The summed E-state index contributed by atoms with van der Waals surface area (Å²) in [7, 11) is 0.770. The highest BCUT2D eigenvalue weighted by Crippen LogP contribution is 2.31. The van der Waals surface area contributed by atoms with Gasteiger partial charge in [-0.3, -0.25) is 9.52 Å². The van der Waals surface area contributed by atoms with E-state index in [0.717, 1.165) is 0 Å². The Morgan fingerprint density at radius 3 is 2.20 bits per heavy atom. The molecule has 0 aliphatic heterocycles. The zero-order valence-corrected chi connectivity index (χ0v) is 15.3. The first-order valence-electron chi connectivity index (χ1n) is 7.37. The highest BCUT2D eigenvalue weighted by molar-refractivity contribution is 7.92. The largest absolute Gasteiger partial charge is 0.497 e. The van der Waals surface area contributed by atoms with Gasteiger partial charge in [0.15, 0.2) is 0 Å². The summed E-state index contributed by atoms with van der Waals surface area (Å²) in [6, 6.07) is 10.8. The van der Waals surface area contributed by atoms with Crippen molar-refractivity contribution in [2.24, 2.45) is 0 Å². The molecule has 2 aromatic rings. The summed E-state index contributed by atoms with van der Waals surface area (Å²) in [5.74, 6) is 0.754. The minimum absolute atomic E-state index is 0.0751. The van der Waals surface area contributed by atoms with Gasteiger partial charge in [0.2, 0.25) is 5.91 Å². The fourth-order valence-corrected chi connectivity index (χ4v) is 3.19. The summed E-state index contributed by atoms with van der Waals surface area (Å²) >= 11 is 0. The second-order valence-corrected chi connectivity index (χ2v) is 6.93. The summed E-state index contributed by atoms with van der Waals surface area (Å²) in [5, 5.41) is 0. The van der Waals surface area contributed by atoms with Gasteiger partial charge in [-0.2, -0.15) is 0 Å². The first-order valence-corrected chi connectivity index (χ1v) is 8.86. The molecule has 0 aliphatic rings. The SMILES string of the molecule is COc1ccc(NS(=O)(=O)c2ccc(N(C)C(C)=O)cc2)c(OC)c1. The number of sulfonamides is 1. The Hall–Kier alpha value is -2.74. The van der Waals surface area contributed by atoms with Crippen LogP contribution in [0.2, 0.25) is 0 Å². The smallest absolute Gasteiger partial charge is 0.262 e. The van der Waals surface area contributed by atoms with E-state index in [1.165, 1.54) is 38.2 Å². The van der Waals surface area contributed by atoms with E-state index in [1.807, 2.05) is 0 Å². The monoisotopic (exact) mass is 364 g/mol. The van der Waals surface area contributed by atoms with Gasteiger partial charge in [-0.1, -0.05) is 0 Å². The van der Waals surface area contributed by atoms with E-state index in [9.17, 15) is 13.2 Å². The lowest BCUT2D eigenvalue weighted by atomic mass is 10.3. The van der Waals surface area contributed by atoms with E-state index >= 15 is 0 Å². The van der Waals surface area contributed by atoms with Crippen LogP contribution < -0.4 is 19.1 Å². The number of benzene rings is 2. The molecule has 1 N–H and O–H groups in total. The van der Waals surface area contributed by atoms with Crippen LogP contribution in [0.5, 0.6) is 11.5 Å². The van der Waals surface area contributed by atoms with E-state index in [2.05, 4.69) is 4.72 Å². The van der Waals surface area contributed by atoms with Crippen LogP contribution in [0.1, 0.15) is 6.92 Å². The van der Waals surface area contributed by atoms with Crippen LogP contribution in [0.15, 0.2) is 47.4 Å². The third-order valence-electron chi connectivity index (χ3n) is 3.66. The Balaban J connectivity index is 2.29. The minimum Gasteiger partial charge on any atom is -0.497 e. The molecule has 2 rings (SSSR count). The lowest BCUT2D eigenvalue weighted by molar-refractivity contribution is -0.116. The van der Waals surface area contributed by atoms with Crippen molar-refractivity contribution in [2.75, 3.05) is 30.9 Å². The van der Waals surface area contributed by atoms with Gasteiger partial charge in [-0.25, -0.2) is 8.42 Å². The summed E-state index contributed by atoms with van der Waals surface area (Å²) in [6.07, 6.45) is 0. The standard InChI is InChI=1S/C17H20N2O5S/c1-12(20)19(2)13-5-8-15(9-6-13)25(21,22)18-16-10-7-14(23-3)11-17(16)24-4/h5-11,18H,1-4H3. The average Bonchev–Trinajstić information content (AvgIpc) is 2.61. The molecule has 0 radical (unpaired) electrons. The molecule has 134 valence electrons. The van der Waals surface area contributed by atoms with Crippen LogP contribution in [0.25, 0.3) is 0 Å². The van der Waals surface area contributed by atoms with Crippen molar-refractivity contribution in [3.63, 3.8) is 0 Å². The van der Waals surface area contributed by atoms with Crippen molar-refractivity contribution in [3.8, 4) is 11.5 Å². The van der Waals surface area contributed by atoms with Crippen LogP contribution in [-0.2, 0) is 14.8 Å². The Kier molecular flexibility index (Phi) is 5.53. The molecule has 0 unspecified atom stereocenters. The molecule has 0 aromatic heterocycles. The molecule has 0 saturated carbocycles. The predicted octanol–water partition coefficient (Wildman–Crippen LogP) is 2.49. The van der Waals surface area contributed by atoms with Crippen molar-refractivity contribution < 1.29 is 22.7 Å². The number of nitrogens with one attached hydrogen (secondary N) is 1. The number of carbonyl (C=O) groups is 1. The molecule has 7 nitrogen and oxygen atoms in total. The quantitative estimate of drug-likeness (QED) is 0.851. The number of anilines is 2. The topological polar surface area (TPSA) is 84.9 Å². The third-order valence-corrected chi connectivity index (χ3v) is 5.04. The molecule has 0 spiro atoms. The molecule has 1 amide bonds. The van der Waals surface area contributed by atoms with E-state index < -0.39 is 10.0 Å². The fourth-order valence-electron chi connectivity index (χ4n) is 2.12. The molecule has 0 bridgehead atoms. The summed E-state index contributed by atoms with van der Waals surface area (Å²) in [5.41, 5.74) is 0.904. The number of rotatable bonds is 6. The predicted molar refractivity (Wildman–Crippen MR) is 95.9 cm³/mol. The number of ether oxygens (including phenoxy) is 2. The van der Waals surface area contributed by atoms with Crippen molar-refractivity contribution >= 4 is 27.3 Å². The van der Waals surface area contributed by atoms with E-state index in [4.69, 9.17) is 9.47 Å². The number of hydrogen-bond donors (Lipinski definition) is 1. The summed E-state index contributed by atoms with van der Waals surface area (Å²) < 4.78 is 37.9. The van der Waals surface area contributed by atoms with Gasteiger partial charge in [0.1, 0.15) is 11.5 Å². The molecular formula is C17H20N2O5S.